The lowest BCUT2D eigenvalue weighted by Gasteiger charge is -2.10. The van der Waals surface area contributed by atoms with Crippen LogP contribution in [0.2, 0.25) is 10.0 Å². The standard InChI is InChI=1S/C17H15Cl2N3O3/c1-10-13(19)6-3-7-14(10)22-15(23)9-20-16(24)17(25)21-12-5-2-4-11(18)8-12/h2-8H,9H2,1H3,(H,20,24)(H,21,25)(H,22,23). The first-order chi connectivity index (χ1) is 11.9. The summed E-state index contributed by atoms with van der Waals surface area (Å²) in [5.74, 6) is -2.30. The van der Waals surface area contributed by atoms with Gasteiger partial charge in [0.25, 0.3) is 0 Å². The SMILES string of the molecule is Cc1c(Cl)cccc1NC(=O)CNC(=O)C(=O)Nc1cccc(Cl)c1. The third kappa shape index (κ3) is 5.48. The second-order valence-electron chi connectivity index (χ2n) is 5.11. The van der Waals surface area contributed by atoms with E-state index in [0.717, 1.165) is 0 Å². The van der Waals surface area contributed by atoms with Gasteiger partial charge in [-0.3, -0.25) is 14.4 Å². The highest BCUT2D eigenvalue weighted by molar-refractivity contribution is 6.40. The van der Waals surface area contributed by atoms with Gasteiger partial charge in [-0.15, -0.1) is 0 Å². The molecule has 0 fully saturated rings. The van der Waals surface area contributed by atoms with Gasteiger partial charge in [-0.2, -0.15) is 0 Å². The molecule has 130 valence electrons. The van der Waals surface area contributed by atoms with Gasteiger partial charge in [-0.1, -0.05) is 35.3 Å². The van der Waals surface area contributed by atoms with E-state index in [0.29, 0.717) is 27.0 Å². The van der Waals surface area contributed by atoms with E-state index in [1.165, 1.54) is 6.07 Å². The molecule has 0 aliphatic rings. The first-order valence-electron chi connectivity index (χ1n) is 7.26. The summed E-state index contributed by atoms with van der Waals surface area (Å²) in [4.78, 5) is 35.4. The van der Waals surface area contributed by atoms with E-state index < -0.39 is 17.7 Å². The topological polar surface area (TPSA) is 87.3 Å². The van der Waals surface area contributed by atoms with Gasteiger partial charge >= 0.3 is 11.8 Å². The van der Waals surface area contributed by atoms with Crippen molar-refractivity contribution in [2.75, 3.05) is 17.2 Å². The largest absolute Gasteiger partial charge is 0.339 e. The predicted octanol–water partition coefficient (Wildman–Crippen LogP) is 3.00. The normalized spacial score (nSPS) is 10.0. The Morgan fingerprint density at radius 3 is 2.40 bits per heavy atom. The van der Waals surface area contributed by atoms with E-state index in [9.17, 15) is 14.4 Å². The van der Waals surface area contributed by atoms with Crippen molar-refractivity contribution < 1.29 is 14.4 Å². The van der Waals surface area contributed by atoms with E-state index in [1.807, 2.05) is 0 Å². The number of hydrogen-bond donors (Lipinski definition) is 3. The molecule has 0 aliphatic carbocycles. The second-order valence-corrected chi connectivity index (χ2v) is 5.95. The first kappa shape index (κ1) is 18.8. The van der Waals surface area contributed by atoms with Crippen LogP contribution in [-0.4, -0.2) is 24.3 Å². The molecule has 2 rings (SSSR count). The van der Waals surface area contributed by atoms with Crippen LogP contribution in [0.15, 0.2) is 42.5 Å². The van der Waals surface area contributed by atoms with E-state index >= 15 is 0 Å². The highest BCUT2D eigenvalue weighted by atomic mass is 35.5. The molecule has 0 heterocycles. The molecule has 6 nitrogen and oxygen atoms in total. The van der Waals surface area contributed by atoms with Crippen molar-refractivity contribution in [1.29, 1.82) is 0 Å². The molecule has 3 N–H and O–H groups in total. The van der Waals surface area contributed by atoms with E-state index in [1.54, 1.807) is 43.3 Å². The minimum Gasteiger partial charge on any atom is -0.339 e. The summed E-state index contributed by atoms with van der Waals surface area (Å²) in [5.41, 5.74) is 1.63. The Bertz CT molecular complexity index is 825. The second kappa shape index (κ2) is 8.50. The Labute approximate surface area is 154 Å². The van der Waals surface area contributed by atoms with Crippen molar-refractivity contribution >= 4 is 52.3 Å². The minimum atomic E-state index is -0.932. The summed E-state index contributed by atoms with van der Waals surface area (Å²) in [6.45, 7) is 1.41. The Morgan fingerprint density at radius 1 is 0.960 bits per heavy atom. The molecule has 0 atom stereocenters. The van der Waals surface area contributed by atoms with Crippen LogP contribution in [0.3, 0.4) is 0 Å². The van der Waals surface area contributed by atoms with Crippen LogP contribution in [0.4, 0.5) is 11.4 Å². The molecule has 2 aromatic carbocycles. The van der Waals surface area contributed by atoms with Crippen molar-refractivity contribution in [2.24, 2.45) is 0 Å². The summed E-state index contributed by atoms with van der Waals surface area (Å²) in [6.07, 6.45) is 0. The van der Waals surface area contributed by atoms with Crippen LogP contribution in [0, 0.1) is 6.92 Å². The van der Waals surface area contributed by atoms with Gasteiger partial charge in [-0.05, 0) is 42.8 Å². The third-order valence-corrected chi connectivity index (χ3v) is 3.88. The van der Waals surface area contributed by atoms with Crippen LogP contribution >= 0.6 is 23.2 Å². The van der Waals surface area contributed by atoms with Crippen LogP contribution in [0.25, 0.3) is 0 Å². The zero-order chi connectivity index (χ0) is 18.4. The maximum absolute atomic E-state index is 11.9. The first-order valence-corrected chi connectivity index (χ1v) is 8.02. The smallest absolute Gasteiger partial charge is 0.313 e. The number of rotatable bonds is 4. The molecule has 3 amide bonds. The van der Waals surface area contributed by atoms with Gasteiger partial charge in [0, 0.05) is 21.4 Å². The lowest BCUT2D eigenvalue weighted by Crippen LogP contribution is -2.39. The number of carbonyl (C=O) groups excluding carboxylic acids is 3. The lowest BCUT2D eigenvalue weighted by atomic mass is 10.2. The molecular weight excluding hydrogens is 365 g/mol. The highest BCUT2D eigenvalue weighted by Gasteiger charge is 2.15. The van der Waals surface area contributed by atoms with Gasteiger partial charge < -0.3 is 16.0 Å². The van der Waals surface area contributed by atoms with Crippen LogP contribution in [-0.2, 0) is 14.4 Å². The van der Waals surface area contributed by atoms with Crippen molar-refractivity contribution in [3.8, 4) is 0 Å². The number of carbonyl (C=O) groups is 3. The van der Waals surface area contributed by atoms with E-state index in [2.05, 4.69) is 16.0 Å². The average Bonchev–Trinajstić information content (AvgIpc) is 2.57. The van der Waals surface area contributed by atoms with Gasteiger partial charge in [0.05, 0.1) is 6.54 Å². The Morgan fingerprint density at radius 2 is 1.68 bits per heavy atom. The molecule has 0 aliphatic heterocycles. The maximum atomic E-state index is 11.9. The number of halogens is 2. The number of amides is 3. The highest BCUT2D eigenvalue weighted by Crippen LogP contribution is 2.22. The molecule has 0 saturated heterocycles. The average molecular weight is 380 g/mol. The van der Waals surface area contributed by atoms with Gasteiger partial charge in [0.15, 0.2) is 0 Å². The fourth-order valence-electron chi connectivity index (χ4n) is 1.93. The van der Waals surface area contributed by atoms with Crippen LogP contribution < -0.4 is 16.0 Å². The summed E-state index contributed by atoms with van der Waals surface area (Å²) in [5, 5.41) is 8.19. The summed E-state index contributed by atoms with van der Waals surface area (Å²) < 4.78 is 0. The fraction of sp³-hybridized carbons (Fsp3) is 0.118. The Kier molecular flexibility index (Phi) is 6.38. The van der Waals surface area contributed by atoms with Crippen molar-refractivity contribution in [3.63, 3.8) is 0 Å². The Hall–Kier alpha value is -2.57. The zero-order valence-corrected chi connectivity index (χ0v) is 14.7. The minimum absolute atomic E-state index is 0.353. The van der Waals surface area contributed by atoms with Gasteiger partial charge in [-0.25, -0.2) is 0 Å². The Balaban J connectivity index is 1.85. The maximum Gasteiger partial charge on any atom is 0.313 e. The van der Waals surface area contributed by atoms with Gasteiger partial charge in [0.1, 0.15) is 0 Å². The monoisotopic (exact) mass is 379 g/mol. The molecule has 8 heteroatoms. The van der Waals surface area contributed by atoms with Crippen LogP contribution in [0.1, 0.15) is 5.56 Å². The quantitative estimate of drug-likeness (QED) is 0.713. The molecule has 0 saturated carbocycles. The predicted molar refractivity (Wildman–Crippen MR) is 97.9 cm³/mol. The van der Waals surface area contributed by atoms with Crippen molar-refractivity contribution in [2.45, 2.75) is 6.92 Å². The molecule has 2 aromatic rings. The lowest BCUT2D eigenvalue weighted by molar-refractivity contribution is -0.136. The molecule has 0 spiro atoms. The molecule has 25 heavy (non-hydrogen) atoms. The third-order valence-electron chi connectivity index (χ3n) is 3.24. The van der Waals surface area contributed by atoms with Crippen LogP contribution in [0.5, 0.6) is 0 Å². The summed E-state index contributed by atoms with van der Waals surface area (Å²) in [6, 6.07) is 11.5. The van der Waals surface area contributed by atoms with Crippen molar-refractivity contribution in [3.05, 3.63) is 58.1 Å². The number of hydrogen-bond acceptors (Lipinski definition) is 3. The number of nitrogens with one attached hydrogen (secondary N) is 3. The number of benzene rings is 2. The molecule has 0 aromatic heterocycles. The van der Waals surface area contributed by atoms with Gasteiger partial charge in [0.2, 0.25) is 5.91 Å². The molecule has 0 radical (unpaired) electrons. The molecule has 0 unspecified atom stereocenters. The number of anilines is 2. The van der Waals surface area contributed by atoms with Crippen molar-refractivity contribution in [1.82, 2.24) is 5.32 Å². The van der Waals surface area contributed by atoms with E-state index in [-0.39, 0.29) is 6.54 Å². The van der Waals surface area contributed by atoms with E-state index in [4.69, 9.17) is 23.2 Å². The fourth-order valence-corrected chi connectivity index (χ4v) is 2.30. The summed E-state index contributed by atoms with van der Waals surface area (Å²) >= 11 is 11.8. The molecule has 0 bridgehead atoms. The molecular formula is C17H15Cl2N3O3. The zero-order valence-electron chi connectivity index (χ0n) is 13.2. The summed E-state index contributed by atoms with van der Waals surface area (Å²) in [7, 11) is 0.